The Morgan fingerprint density at radius 2 is 0.880 bits per heavy atom. The largest absolute Gasteiger partial charge is 0.503 e. The van der Waals surface area contributed by atoms with E-state index in [1.807, 2.05) is 62.4 Å². The standard InChI is InChI=1S/2C18H17NO4.C2H4O2/c2*1-10-6-4-5-7-11(10)16-18(21)17(20)12-8-14(22-2)15(23-3)9-13(12)19-16;1-2(3)4/h2*4-9,21H,1-3H3,(H,19,20);1H3,(H,3,4). The van der Waals surface area contributed by atoms with E-state index in [-0.39, 0.29) is 11.5 Å². The lowest BCUT2D eigenvalue weighted by Crippen LogP contribution is -2.06. The van der Waals surface area contributed by atoms with E-state index in [2.05, 4.69) is 9.97 Å². The number of hydrogen-bond donors (Lipinski definition) is 5. The number of aromatic hydroxyl groups is 2. The first-order valence-corrected chi connectivity index (χ1v) is 15.2. The van der Waals surface area contributed by atoms with E-state index in [9.17, 15) is 19.8 Å². The molecule has 0 aliphatic rings. The molecule has 0 unspecified atom stereocenters. The van der Waals surface area contributed by atoms with E-state index in [1.165, 1.54) is 28.4 Å². The first-order valence-electron chi connectivity index (χ1n) is 15.2. The molecule has 0 atom stereocenters. The molecule has 2 aromatic heterocycles. The molecular formula is C38H38N2O10. The molecule has 0 fully saturated rings. The first-order chi connectivity index (χ1) is 23.9. The molecule has 0 saturated heterocycles. The number of methoxy groups -OCH3 is 4. The Morgan fingerprint density at radius 1 is 0.580 bits per heavy atom. The molecular weight excluding hydrogens is 644 g/mol. The van der Waals surface area contributed by atoms with Crippen molar-refractivity contribution < 1.29 is 39.1 Å². The molecule has 50 heavy (non-hydrogen) atoms. The summed E-state index contributed by atoms with van der Waals surface area (Å²) in [6, 6.07) is 21.6. The summed E-state index contributed by atoms with van der Waals surface area (Å²) in [5.74, 6) is 0.453. The van der Waals surface area contributed by atoms with E-state index in [0.717, 1.165) is 29.2 Å². The van der Waals surface area contributed by atoms with Crippen LogP contribution in [-0.4, -0.2) is 59.7 Å². The Kier molecular flexibility index (Phi) is 11.4. The normalized spacial score (nSPS) is 10.4. The molecule has 4 aromatic carbocycles. The lowest BCUT2D eigenvalue weighted by molar-refractivity contribution is -0.134. The lowest BCUT2D eigenvalue weighted by atomic mass is 10.0. The van der Waals surface area contributed by atoms with Crippen LogP contribution in [0.3, 0.4) is 0 Å². The van der Waals surface area contributed by atoms with E-state index in [1.54, 1.807) is 24.3 Å². The summed E-state index contributed by atoms with van der Waals surface area (Å²) in [7, 11) is 6.06. The van der Waals surface area contributed by atoms with Crippen molar-refractivity contribution in [3.8, 4) is 57.0 Å². The van der Waals surface area contributed by atoms with Crippen molar-refractivity contribution in [1.82, 2.24) is 9.97 Å². The van der Waals surface area contributed by atoms with Crippen LogP contribution in [0.2, 0.25) is 0 Å². The molecule has 0 amide bonds. The smallest absolute Gasteiger partial charge is 0.300 e. The second kappa shape index (κ2) is 15.6. The molecule has 0 bridgehead atoms. The highest BCUT2D eigenvalue weighted by molar-refractivity contribution is 5.89. The van der Waals surface area contributed by atoms with Crippen LogP contribution >= 0.6 is 0 Å². The summed E-state index contributed by atoms with van der Waals surface area (Å²) >= 11 is 0. The maximum atomic E-state index is 12.5. The predicted molar refractivity (Wildman–Crippen MR) is 192 cm³/mol. The molecule has 0 radical (unpaired) electrons. The zero-order valence-corrected chi connectivity index (χ0v) is 28.6. The number of hydrogen-bond acceptors (Lipinski definition) is 9. The van der Waals surface area contributed by atoms with Crippen LogP contribution in [0.15, 0.2) is 82.4 Å². The number of fused-ring (bicyclic) bond motifs is 2. The van der Waals surface area contributed by atoms with Crippen molar-refractivity contribution in [3.63, 3.8) is 0 Å². The van der Waals surface area contributed by atoms with Crippen molar-refractivity contribution in [2.75, 3.05) is 28.4 Å². The van der Waals surface area contributed by atoms with Gasteiger partial charge in [0, 0.05) is 30.2 Å². The number of aryl methyl sites for hydroxylation is 2. The molecule has 0 aliphatic carbocycles. The quantitative estimate of drug-likeness (QED) is 0.129. The molecule has 260 valence electrons. The molecule has 12 heteroatoms. The lowest BCUT2D eigenvalue weighted by Gasteiger charge is -2.12. The fraction of sp³-hybridized carbons (Fsp3) is 0.184. The zero-order chi connectivity index (χ0) is 36.7. The number of aliphatic carboxylic acids is 1. The van der Waals surface area contributed by atoms with Crippen molar-refractivity contribution >= 4 is 27.8 Å². The fourth-order valence-corrected chi connectivity index (χ4v) is 5.31. The second-order valence-corrected chi connectivity index (χ2v) is 11.0. The second-order valence-electron chi connectivity index (χ2n) is 11.0. The van der Waals surface area contributed by atoms with Crippen molar-refractivity contribution in [3.05, 3.63) is 104 Å². The van der Waals surface area contributed by atoms with Gasteiger partial charge in [-0.3, -0.25) is 14.4 Å². The van der Waals surface area contributed by atoms with Crippen LogP contribution in [0.25, 0.3) is 44.3 Å². The van der Waals surface area contributed by atoms with E-state index < -0.39 is 16.8 Å². The summed E-state index contributed by atoms with van der Waals surface area (Å²) in [4.78, 5) is 40.3. The number of H-pyrrole nitrogens is 2. The molecule has 12 nitrogen and oxygen atoms in total. The van der Waals surface area contributed by atoms with Gasteiger partial charge in [-0.1, -0.05) is 48.5 Å². The minimum atomic E-state index is -0.833. The molecule has 5 N–H and O–H groups in total. The third-order valence-corrected chi connectivity index (χ3v) is 7.79. The van der Waals surface area contributed by atoms with Crippen LogP contribution in [0, 0.1) is 13.8 Å². The van der Waals surface area contributed by atoms with Gasteiger partial charge in [-0.05, 0) is 37.1 Å². The third kappa shape index (κ3) is 7.49. The van der Waals surface area contributed by atoms with Gasteiger partial charge in [0.05, 0.1) is 61.6 Å². The van der Waals surface area contributed by atoms with E-state index >= 15 is 0 Å². The highest BCUT2D eigenvalue weighted by Crippen LogP contribution is 2.36. The number of aromatic nitrogens is 2. The number of carbonyl (C=O) groups is 1. The van der Waals surface area contributed by atoms with Gasteiger partial charge in [0.15, 0.2) is 34.5 Å². The van der Waals surface area contributed by atoms with Crippen LogP contribution < -0.4 is 29.8 Å². The summed E-state index contributed by atoms with van der Waals surface area (Å²) in [6.45, 7) is 4.93. The van der Waals surface area contributed by atoms with Gasteiger partial charge in [0.25, 0.3) is 5.97 Å². The van der Waals surface area contributed by atoms with Gasteiger partial charge < -0.3 is 44.2 Å². The molecule has 2 heterocycles. The molecule has 0 aliphatic heterocycles. The van der Waals surface area contributed by atoms with Crippen LogP contribution in [-0.2, 0) is 4.79 Å². The number of ether oxygens (including phenoxy) is 4. The Labute approximate surface area is 287 Å². The molecule has 0 saturated carbocycles. The van der Waals surface area contributed by atoms with Gasteiger partial charge >= 0.3 is 0 Å². The number of aromatic amines is 2. The van der Waals surface area contributed by atoms with E-state index in [0.29, 0.717) is 56.2 Å². The number of nitrogens with one attached hydrogen (secondary N) is 2. The summed E-state index contributed by atoms with van der Waals surface area (Å²) in [5.41, 5.74) is 4.51. The van der Waals surface area contributed by atoms with Gasteiger partial charge in [0.2, 0.25) is 10.9 Å². The van der Waals surface area contributed by atoms with Crippen LogP contribution in [0.1, 0.15) is 18.1 Å². The molecule has 6 aromatic rings. The summed E-state index contributed by atoms with van der Waals surface area (Å²) < 4.78 is 21.0. The topological polar surface area (TPSA) is 180 Å². The summed E-state index contributed by atoms with van der Waals surface area (Å²) in [5, 5.41) is 28.8. The Hall–Kier alpha value is -6.43. The zero-order valence-electron chi connectivity index (χ0n) is 28.6. The predicted octanol–water partition coefficient (Wildman–Crippen LogP) is 6.54. The van der Waals surface area contributed by atoms with Crippen LogP contribution in [0.5, 0.6) is 34.5 Å². The van der Waals surface area contributed by atoms with Gasteiger partial charge in [-0.25, -0.2) is 0 Å². The van der Waals surface area contributed by atoms with Crippen molar-refractivity contribution in [1.29, 1.82) is 0 Å². The Balaban J connectivity index is 0.000000203. The fourth-order valence-electron chi connectivity index (χ4n) is 5.31. The average molecular weight is 683 g/mol. The Bertz CT molecular complexity index is 2150. The van der Waals surface area contributed by atoms with Crippen molar-refractivity contribution in [2.24, 2.45) is 0 Å². The monoisotopic (exact) mass is 682 g/mol. The molecule has 6 rings (SSSR count). The van der Waals surface area contributed by atoms with E-state index in [4.69, 9.17) is 28.8 Å². The van der Waals surface area contributed by atoms with Crippen molar-refractivity contribution in [2.45, 2.75) is 20.8 Å². The number of pyridine rings is 2. The number of carboxylic acids is 1. The number of benzene rings is 4. The number of carboxylic acid groups (broad SMARTS) is 1. The third-order valence-electron chi connectivity index (χ3n) is 7.79. The SMILES string of the molecule is CC(=O)O.COc1cc2[nH]c(-c3ccccc3C)c(O)c(=O)c2cc1OC.COc1cc2[nH]c(-c3ccccc3C)c(O)c(=O)c2cc1OC. The minimum Gasteiger partial charge on any atom is -0.503 e. The highest BCUT2D eigenvalue weighted by atomic mass is 16.5. The summed E-state index contributed by atoms with van der Waals surface area (Å²) in [6.07, 6.45) is 0. The Morgan fingerprint density at radius 3 is 1.18 bits per heavy atom. The van der Waals surface area contributed by atoms with Crippen LogP contribution in [0.4, 0.5) is 0 Å². The molecule has 0 spiro atoms. The highest BCUT2D eigenvalue weighted by Gasteiger charge is 2.18. The first kappa shape index (κ1) is 36.4. The number of rotatable bonds is 6. The average Bonchev–Trinajstić information content (AvgIpc) is 3.11. The maximum Gasteiger partial charge on any atom is 0.300 e. The minimum absolute atomic E-state index is 0.306. The van der Waals surface area contributed by atoms with Gasteiger partial charge in [-0.2, -0.15) is 0 Å². The maximum absolute atomic E-state index is 12.5. The van der Waals surface area contributed by atoms with Gasteiger partial charge in [0.1, 0.15) is 0 Å². The van der Waals surface area contributed by atoms with Gasteiger partial charge in [-0.15, -0.1) is 0 Å².